The molecule has 4 rings (SSSR count). The summed E-state index contributed by atoms with van der Waals surface area (Å²) in [6.07, 6.45) is 2.40. The van der Waals surface area contributed by atoms with Crippen LogP contribution in [0.2, 0.25) is 0 Å². The van der Waals surface area contributed by atoms with E-state index in [-0.39, 0.29) is 41.8 Å². The van der Waals surface area contributed by atoms with E-state index in [1.54, 1.807) is 41.1 Å². The molecule has 2 amide bonds. The number of rotatable bonds is 7. The van der Waals surface area contributed by atoms with Gasteiger partial charge in [0, 0.05) is 37.3 Å². The van der Waals surface area contributed by atoms with E-state index in [2.05, 4.69) is 5.10 Å². The highest BCUT2D eigenvalue weighted by atomic mass is 16.5. The maximum absolute atomic E-state index is 13.6. The normalized spacial score (nSPS) is 19.3. The Labute approximate surface area is 226 Å². The van der Waals surface area contributed by atoms with Gasteiger partial charge in [0.15, 0.2) is 0 Å². The number of methoxy groups -OCH3 is 1. The van der Waals surface area contributed by atoms with Crippen molar-refractivity contribution < 1.29 is 23.9 Å². The molecule has 0 unspecified atom stereocenters. The Bertz CT molecular complexity index is 1290. The molecule has 1 aliphatic carbocycles. The number of aromatic nitrogens is 2. The summed E-state index contributed by atoms with van der Waals surface area (Å²) in [6.45, 7) is 1.37. The van der Waals surface area contributed by atoms with Gasteiger partial charge in [-0.3, -0.25) is 24.6 Å². The molecule has 0 spiro atoms. The van der Waals surface area contributed by atoms with Gasteiger partial charge in [-0.15, -0.1) is 0 Å². The van der Waals surface area contributed by atoms with Crippen LogP contribution in [0.5, 0.6) is 0 Å². The number of carbonyl (C=O) groups is 3. The van der Waals surface area contributed by atoms with Crippen LogP contribution in [0.3, 0.4) is 0 Å². The molecule has 1 aromatic carbocycles. The minimum absolute atomic E-state index is 0.0880. The zero-order chi connectivity index (χ0) is 28.1. The van der Waals surface area contributed by atoms with Gasteiger partial charge in [0.25, 0.3) is 11.5 Å². The van der Waals surface area contributed by atoms with E-state index in [1.165, 1.54) is 13.2 Å². The number of benzene rings is 1. The van der Waals surface area contributed by atoms with E-state index in [4.69, 9.17) is 20.6 Å². The molecular formula is C27H34N6O6. The number of morpholine rings is 1. The number of hydrogen-bond donors (Lipinski definition) is 2. The number of amides is 2. The number of amidine groups is 1. The van der Waals surface area contributed by atoms with Gasteiger partial charge in [-0.2, -0.15) is 5.10 Å². The first-order valence-electron chi connectivity index (χ1n) is 13.0. The number of nitrogens with zero attached hydrogens (tertiary/aromatic N) is 4. The first-order chi connectivity index (χ1) is 18.7. The highest BCUT2D eigenvalue weighted by molar-refractivity contribution is 5.96. The Morgan fingerprint density at radius 3 is 2.36 bits per heavy atom. The smallest absolute Gasteiger partial charge is 0.308 e. The Balaban J connectivity index is 1.64. The summed E-state index contributed by atoms with van der Waals surface area (Å²) in [5.41, 5.74) is 6.28. The Kier molecular flexibility index (Phi) is 8.75. The molecule has 12 heteroatoms. The number of ether oxygens (including phenoxy) is 2. The van der Waals surface area contributed by atoms with Gasteiger partial charge >= 0.3 is 5.97 Å². The first kappa shape index (κ1) is 28.0. The van der Waals surface area contributed by atoms with Gasteiger partial charge in [0.05, 0.1) is 31.9 Å². The van der Waals surface area contributed by atoms with Crippen LogP contribution in [0, 0.1) is 11.3 Å². The number of hydrogen-bond acceptors (Lipinski definition) is 8. The SMILES string of the molecule is COC(=O)C1CCC(N(C)C(=O)c2cc(-c3ccc(C(=N)N)cc3)nn(CC(=O)N3CCOCC3)c2=O)CC1. The molecule has 2 heterocycles. The van der Waals surface area contributed by atoms with Crippen LogP contribution < -0.4 is 11.3 Å². The van der Waals surface area contributed by atoms with E-state index in [1.807, 2.05) is 0 Å². The fourth-order valence-electron chi connectivity index (χ4n) is 5.03. The van der Waals surface area contributed by atoms with E-state index in [0.29, 0.717) is 68.8 Å². The van der Waals surface area contributed by atoms with E-state index in [0.717, 1.165) is 4.68 Å². The fraction of sp³-hybridized carbons (Fsp3) is 0.481. The summed E-state index contributed by atoms with van der Waals surface area (Å²) in [5.74, 6) is -1.29. The minimum Gasteiger partial charge on any atom is -0.469 e. The summed E-state index contributed by atoms with van der Waals surface area (Å²) >= 11 is 0. The molecule has 2 fully saturated rings. The van der Waals surface area contributed by atoms with Crippen molar-refractivity contribution in [1.29, 1.82) is 5.41 Å². The molecule has 0 atom stereocenters. The molecule has 2 aliphatic rings. The zero-order valence-corrected chi connectivity index (χ0v) is 22.2. The van der Waals surface area contributed by atoms with Gasteiger partial charge in [0.1, 0.15) is 17.9 Å². The van der Waals surface area contributed by atoms with Crippen molar-refractivity contribution in [2.24, 2.45) is 11.7 Å². The van der Waals surface area contributed by atoms with Gasteiger partial charge in [-0.25, -0.2) is 4.68 Å². The lowest BCUT2D eigenvalue weighted by Gasteiger charge is -2.33. The number of esters is 1. The van der Waals surface area contributed by atoms with Gasteiger partial charge < -0.3 is 25.0 Å². The summed E-state index contributed by atoms with van der Waals surface area (Å²) < 4.78 is 11.2. The molecular weight excluding hydrogens is 504 g/mol. The number of nitrogens with one attached hydrogen (secondary N) is 1. The second kappa shape index (κ2) is 12.2. The van der Waals surface area contributed by atoms with Crippen LogP contribution in [-0.2, 0) is 25.6 Å². The molecule has 1 saturated heterocycles. The molecule has 12 nitrogen and oxygen atoms in total. The number of nitrogen functional groups attached to an aromatic ring is 1. The average molecular weight is 539 g/mol. The van der Waals surface area contributed by atoms with Crippen LogP contribution in [0.15, 0.2) is 35.1 Å². The maximum atomic E-state index is 13.6. The predicted molar refractivity (Wildman–Crippen MR) is 142 cm³/mol. The molecule has 2 aromatic rings. The summed E-state index contributed by atoms with van der Waals surface area (Å²) in [5, 5.41) is 12.0. The number of carbonyl (C=O) groups excluding carboxylic acids is 3. The van der Waals surface area contributed by atoms with Crippen LogP contribution in [-0.4, -0.2) is 89.7 Å². The molecule has 0 radical (unpaired) electrons. The third-order valence-electron chi connectivity index (χ3n) is 7.44. The lowest BCUT2D eigenvalue weighted by Crippen LogP contribution is -2.46. The number of nitrogens with two attached hydrogens (primary N) is 1. The second-order valence-corrected chi connectivity index (χ2v) is 9.83. The van der Waals surface area contributed by atoms with Crippen molar-refractivity contribution in [3.05, 3.63) is 51.8 Å². The standard InChI is InChI=1S/C27H34N6O6/c1-31(20-9-7-19(8-10-20)27(37)38-2)25(35)21-15-22(17-3-5-18(6-4-17)24(28)29)30-33(26(21)36)16-23(34)32-11-13-39-14-12-32/h3-6,15,19-20H,7-14,16H2,1-2H3,(H3,28,29). The van der Waals surface area contributed by atoms with Crippen molar-refractivity contribution in [2.75, 3.05) is 40.5 Å². The van der Waals surface area contributed by atoms with Gasteiger partial charge in [-0.1, -0.05) is 24.3 Å². The first-order valence-corrected chi connectivity index (χ1v) is 13.0. The van der Waals surface area contributed by atoms with Crippen molar-refractivity contribution in [2.45, 2.75) is 38.3 Å². The second-order valence-electron chi connectivity index (χ2n) is 9.83. The largest absolute Gasteiger partial charge is 0.469 e. The minimum atomic E-state index is -0.652. The van der Waals surface area contributed by atoms with E-state index in [9.17, 15) is 19.2 Å². The van der Waals surface area contributed by atoms with Crippen molar-refractivity contribution in [3.8, 4) is 11.3 Å². The quantitative estimate of drug-likeness (QED) is 0.298. The molecule has 39 heavy (non-hydrogen) atoms. The fourth-order valence-corrected chi connectivity index (χ4v) is 5.03. The van der Waals surface area contributed by atoms with E-state index >= 15 is 0 Å². The Hall–Kier alpha value is -4.06. The lowest BCUT2D eigenvalue weighted by molar-refractivity contribution is -0.146. The van der Waals surface area contributed by atoms with Crippen molar-refractivity contribution in [1.82, 2.24) is 19.6 Å². The van der Waals surface area contributed by atoms with Crippen molar-refractivity contribution >= 4 is 23.6 Å². The third kappa shape index (κ3) is 6.33. The van der Waals surface area contributed by atoms with Crippen LogP contribution in [0.1, 0.15) is 41.6 Å². The molecule has 208 valence electrons. The molecule has 0 bridgehead atoms. The van der Waals surface area contributed by atoms with Crippen LogP contribution >= 0.6 is 0 Å². The van der Waals surface area contributed by atoms with Gasteiger partial charge in [-0.05, 0) is 31.7 Å². The van der Waals surface area contributed by atoms with Crippen molar-refractivity contribution in [3.63, 3.8) is 0 Å². The van der Waals surface area contributed by atoms with E-state index < -0.39 is 11.5 Å². The lowest BCUT2D eigenvalue weighted by atomic mass is 9.85. The highest BCUT2D eigenvalue weighted by Gasteiger charge is 2.32. The molecule has 1 aromatic heterocycles. The monoisotopic (exact) mass is 538 g/mol. The summed E-state index contributed by atoms with van der Waals surface area (Å²) in [4.78, 5) is 55.1. The molecule has 1 saturated carbocycles. The van der Waals surface area contributed by atoms with Crippen LogP contribution in [0.4, 0.5) is 0 Å². The molecule has 1 aliphatic heterocycles. The zero-order valence-electron chi connectivity index (χ0n) is 22.2. The van der Waals surface area contributed by atoms with Crippen LogP contribution in [0.25, 0.3) is 11.3 Å². The maximum Gasteiger partial charge on any atom is 0.308 e. The third-order valence-corrected chi connectivity index (χ3v) is 7.44. The molecule has 3 N–H and O–H groups in total. The topological polar surface area (TPSA) is 161 Å². The Morgan fingerprint density at radius 1 is 1.13 bits per heavy atom. The summed E-state index contributed by atoms with van der Waals surface area (Å²) in [7, 11) is 3.02. The highest BCUT2D eigenvalue weighted by Crippen LogP contribution is 2.28. The summed E-state index contributed by atoms with van der Waals surface area (Å²) in [6, 6.07) is 8.00. The Morgan fingerprint density at radius 2 is 1.77 bits per heavy atom. The van der Waals surface area contributed by atoms with Gasteiger partial charge in [0.2, 0.25) is 5.91 Å². The average Bonchev–Trinajstić information content (AvgIpc) is 2.97. The predicted octanol–water partition coefficient (Wildman–Crippen LogP) is 0.857.